The molecule has 1 aromatic rings. The van der Waals surface area contributed by atoms with Crippen LogP contribution in [0.15, 0.2) is 18.3 Å². The van der Waals surface area contributed by atoms with Crippen LogP contribution in [-0.4, -0.2) is 35.6 Å². The highest BCUT2D eigenvalue weighted by Gasteiger charge is 2.25. The molecule has 0 N–H and O–H groups in total. The van der Waals surface area contributed by atoms with Crippen molar-refractivity contribution in [3.8, 4) is 0 Å². The molecule has 0 amide bonds. The molecule has 0 bridgehead atoms. The Balaban J connectivity index is 2.11. The van der Waals surface area contributed by atoms with Crippen molar-refractivity contribution in [2.75, 3.05) is 23.3 Å². The molecule has 2 heterocycles. The first kappa shape index (κ1) is 12.1. The van der Waals surface area contributed by atoms with Crippen LogP contribution in [-0.2, 0) is 4.74 Å². The van der Waals surface area contributed by atoms with Crippen LogP contribution in [0.25, 0.3) is 0 Å². The van der Waals surface area contributed by atoms with E-state index in [0.717, 1.165) is 24.2 Å². The highest BCUT2D eigenvalue weighted by Crippen LogP contribution is 2.20. The highest BCUT2D eigenvalue weighted by atomic mass is 79.9. The Hall–Kier alpha value is -0.320. The number of halogens is 2. The lowest BCUT2D eigenvalue weighted by Crippen LogP contribution is -2.47. The van der Waals surface area contributed by atoms with E-state index in [1.807, 2.05) is 12.1 Å². The average molecular weight is 306 g/mol. The Morgan fingerprint density at radius 3 is 3.00 bits per heavy atom. The summed E-state index contributed by atoms with van der Waals surface area (Å²) in [5, 5.41) is 1.52. The zero-order valence-electron chi connectivity index (χ0n) is 9.07. The van der Waals surface area contributed by atoms with E-state index < -0.39 is 0 Å². The van der Waals surface area contributed by atoms with Crippen LogP contribution in [0.1, 0.15) is 6.92 Å². The predicted molar refractivity (Wildman–Crippen MR) is 69.6 cm³/mol. The number of hydrogen-bond acceptors (Lipinski definition) is 3. The second kappa shape index (κ2) is 5.34. The molecule has 0 aliphatic carbocycles. The smallest absolute Gasteiger partial charge is 0.128 e. The second-order valence-electron chi connectivity index (χ2n) is 3.96. The number of alkyl halides is 1. The zero-order chi connectivity index (χ0) is 11.5. The number of anilines is 1. The van der Waals surface area contributed by atoms with Crippen molar-refractivity contribution in [1.82, 2.24) is 4.98 Å². The molecule has 1 aliphatic rings. The molecule has 0 aromatic carbocycles. The first-order valence-electron chi connectivity index (χ1n) is 5.27. The first-order valence-corrected chi connectivity index (χ1v) is 6.77. The molecule has 1 aliphatic heterocycles. The Bertz CT molecular complexity index is 346. The maximum Gasteiger partial charge on any atom is 0.128 e. The number of pyridine rings is 1. The third kappa shape index (κ3) is 2.87. The maximum absolute atomic E-state index is 5.82. The molecule has 0 spiro atoms. The SMILES string of the molecule is CC1CN(c2ccc(Cl)cn2)CC(CBr)O1. The van der Waals surface area contributed by atoms with Crippen molar-refractivity contribution in [3.63, 3.8) is 0 Å². The van der Waals surface area contributed by atoms with Gasteiger partial charge in [-0.25, -0.2) is 4.98 Å². The van der Waals surface area contributed by atoms with Crippen molar-refractivity contribution < 1.29 is 4.74 Å². The van der Waals surface area contributed by atoms with E-state index in [9.17, 15) is 0 Å². The van der Waals surface area contributed by atoms with E-state index in [-0.39, 0.29) is 12.2 Å². The van der Waals surface area contributed by atoms with E-state index >= 15 is 0 Å². The van der Waals surface area contributed by atoms with Crippen LogP contribution in [0.2, 0.25) is 5.02 Å². The molecular weight excluding hydrogens is 291 g/mol. The van der Waals surface area contributed by atoms with Gasteiger partial charge in [-0.2, -0.15) is 0 Å². The molecule has 0 saturated carbocycles. The van der Waals surface area contributed by atoms with Gasteiger partial charge in [0.25, 0.3) is 0 Å². The minimum atomic E-state index is 0.223. The fourth-order valence-electron chi connectivity index (χ4n) is 1.87. The van der Waals surface area contributed by atoms with Crippen LogP contribution >= 0.6 is 27.5 Å². The summed E-state index contributed by atoms with van der Waals surface area (Å²) in [6.07, 6.45) is 2.13. The lowest BCUT2D eigenvalue weighted by atomic mass is 10.2. The van der Waals surface area contributed by atoms with Crippen molar-refractivity contribution in [1.29, 1.82) is 0 Å². The van der Waals surface area contributed by atoms with Gasteiger partial charge in [-0.05, 0) is 19.1 Å². The van der Waals surface area contributed by atoms with Gasteiger partial charge >= 0.3 is 0 Å². The second-order valence-corrected chi connectivity index (χ2v) is 5.05. The van der Waals surface area contributed by atoms with Crippen LogP contribution in [0.4, 0.5) is 5.82 Å². The van der Waals surface area contributed by atoms with Crippen molar-refractivity contribution in [3.05, 3.63) is 23.4 Å². The van der Waals surface area contributed by atoms with Gasteiger partial charge in [-0.15, -0.1) is 0 Å². The van der Waals surface area contributed by atoms with E-state index in [0.29, 0.717) is 5.02 Å². The third-order valence-corrected chi connectivity index (χ3v) is 3.48. The van der Waals surface area contributed by atoms with E-state index in [1.165, 1.54) is 0 Å². The molecule has 0 radical (unpaired) electrons. The number of rotatable bonds is 2. The lowest BCUT2D eigenvalue weighted by molar-refractivity contribution is -0.00222. The molecule has 2 unspecified atom stereocenters. The van der Waals surface area contributed by atoms with E-state index in [2.05, 4.69) is 32.7 Å². The van der Waals surface area contributed by atoms with Gasteiger partial charge in [0, 0.05) is 24.6 Å². The topological polar surface area (TPSA) is 25.4 Å². The van der Waals surface area contributed by atoms with Crippen LogP contribution < -0.4 is 4.90 Å². The van der Waals surface area contributed by atoms with Gasteiger partial charge in [-0.3, -0.25) is 0 Å². The minimum Gasteiger partial charge on any atom is -0.371 e. The van der Waals surface area contributed by atoms with Crippen LogP contribution in [0, 0.1) is 0 Å². The Morgan fingerprint density at radius 2 is 2.38 bits per heavy atom. The third-order valence-electron chi connectivity index (χ3n) is 2.53. The molecule has 16 heavy (non-hydrogen) atoms. The van der Waals surface area contributed by atoms with Crippen molar-refractivity contribution >= 4 is 33.3 Å². The summed E-state index contributed by atoms with van der Waals surface area (Å²) in [6, 6.07) is 3.82. The fraction of sp³-hybridized carbons (Fsp3) is 0.545. The highest BCUT2D eigenvalue weighted by molar-refractivity contribution is 9.09. The molecule has 3 nitrogen and oxygen atoms in total. The Morgan fingerprint density at radius 1 is 1.56 bits per heavy atom. The van der Waals surface area contributed by atoms with Gasteiger partial charge in [0.2, 0.25) is 0 Å². The van der Waals surface area contributed by atoms with Gasteiger partial charge < -0.3 is 9.64 Å². The van der Waals surface area contributed by atoms with Gasteiger partial charge in [0.15, 0.2) is 0 Å². The number of morpholine rings is 1. The molecule has 1 fully saturated rings. The summed E-state index contributed by atoms with van der Waals surface area (Å²) in [5.74, 6) is 0.963. The quantitative estimate of drug-likeness (QED) is 0.786. The van der Waals surface area contributed by atoms with Crippen molar-refractivity contribution in [2.24, 2.45) is 0 Å². The van der Waals surface area contributed by atoms with Gasteiger partial charge in [0.1, 0.15) is 5.82 Å². The first-order chi connectivity index (χ1) is 7.69. The fourth-order valence-corrected chi connectivity index (χ4v) is 2.34. The molecule has 5 heteroatoms. The largest absolute Gasteiger partial charge is 0.371 e. The molecule has 1 saturated heterocycles. The zero-order valence-corrected chi connectivity index (χ0v) is 11.4. The number of ether oxygens (including phenoxy) is 1. The van der Waals surface area contributed by atoms with E-state index in [1.54, 1.807) is 6.20 Å². The Labute approximate surface area is 109 Å². The summed E-state index contributed by atoms with van der Waals surface area (Å²) in [7, 11) is 0. The summed E-state index contributed by atoms with van der Waals surface area (Å²) < 4.78 is 5.77. The molecule has 2 atom stereocenters. The molecule has 1 aromatic heterocycles. The molecule has 2 rings (SSSR count). The Kier molecular flexibility index (Phi) is 4.05. The monoisotopic (exact) mass is 304 g/mol. The number of nitrogens with zero attached hydrogens (tertiary/aromatic N) is 2. The lowest BCUT2D eigenvalue weighted by Gasteiger charge is -2.36. The minimum absolute atomic E-state index is 0.223. The van der Waals surface area contributed by atoms with E-state index in [4.69, 9.17) is 16.3 Å². The molecule has 88 valence electrons. The van der Waals surface area contributed by atoms with Gasteiger partial charge in [-0.1, -0.05) is 27.5 Å². The standard InChI is InChI=1S/C11H14BrClN2O/c1-8-6-15(7-10(4-12)16-8)11-3-2-9(13)5-14-11/h2-3,5,8,10H,4,6-7H2,1H3. The summed E-state index contributed by atoms with van der Waals surface area (Å²) >= 11 is 9.28. The maximum atomic E-state index is 5.82. The number of aromatic nitrogens is 1. The summed E-state index contributed by atoms with van der Waals surface area (Å²) in [6.45, 7) is 3.82. The van der Waals surface area contributed by atoms with Crippen LogP contribution in [0.5, 0.6) is 0 Å². The average Bonchev–Trinajstić information content (AvgIpc) is 2.29. The number of hydrogen-bond donors (Lipinski definition) is 0. The normalized spacial score (nSPS) is 25.8. The summed E-state index contributed by atoms with van der Waals surface area (Å²) in [4.78, 5) is 6.56. The van der Waals surface area contributed by atoms with Gasteiger partial charge in [0.05, 0.1) is 17.2 Å². The molecular formula is C11H14BrClN2O. The van der Waals surface area contributed by atoms with Crippen molar-refractivity contribution in [2.45, 2.75) is 19.1 Å². The summed E-state index contributed by atoms with van der Waals surface area (Å²) in [5.41, 5.74) is 0. The predicted octanol–water partition coefficient (Wildman–Crippen LogP) is 2.72. The van der Waals surface area contributed by atoms with Crippen LogP contribution in [0.3, 0.4) is 0 Å².